The van der Waals surface area contributed by atoms with E-state index in [-0.39, 0.29) is 12.6 Å². The minimum atomic E-state index is -0.481. The molecule has 30 heavy (non-hydrogen) atoms. The highest BCUT2D eigenvalue weighted by Gasteiger charge is 2.42. The molecular weight excluding hydrogens is 390 g/mol. The van der Waals surface area contributed by atoms with Crippen LogP contribution in [-0.4, -0.2) is 48.1 Å². The van der Waals surface area contributed by atoms with E-state index in [2.05, 4.69) is 5.32 Å². The Balaban J connectivity index is 2.04. The molecule has 0 spiro atoms. The second-order valence-electron chi connectivity index (χ2n) is 6.78. The van der Waals surface area contributed by atoms with Gasteiger partial charge in [-0.1, -0.05) is 0 Å². The largest absolute Gasteiger partial charge is 0.497 e. The van der Waals surface area contributed by atoms with Crippen molar-refractivity contribution < 1.29 is 33.2 Å². The second-order valence-corrected chi connectivity index (χ2v) is 6.78. The van der Waals surface area contributed by atoms with Crippen molar-refractivity contribution in [3.63, 3.8) is 0 Å². The second kappa shape index (κ2) is 7.70. The molecule has 2 aromatic rings. The Hall–Kier alpha value is -3.55. The Morgan fingerprint density at radius 3 is 2.10 bits per heavy atom. The van der Waals surface area contributed by atoms with E-state index in [0.29, 0.717) is 40.0 Å². The van der Waals surface area contributed by atoms with Crippen molar-refractivity contribution in [3.05, 3.63) is 46.7 Å². The van der Waals surface area contributed by atoms with E-state index >= 15 is 0 Å². The summed E-state index contributed by atoms with van der Waals surface area (Å²) >= 11 is 0. The minimum Gasteiger partial charge on any atom is -0.497 e. The zero-order valence-electron chi connectivity index (χ0n) is 17.5. The topological polar surface area (TPSA) is 84.5 Å². The molecule has 158 valence electrons. The molecule has 2 aliphatic rings. The van der Waals surface area contributed by atoms with Crippen LogP contribution in [0.1, 0.15) is 17.0 Å². The lowest BCUT2D eigenvalue weighted by molar-refractivity contribution is -0.136. The first-order valence-electron chi connectivity index (χ1n) is 9.29. The lowest BCUT2D eigenvalue weighted by atomic mass is 9.80. The molecule has 2 aromatic carbocycles. The van der Waals surface area contributed by atoms with Crippen LogP contribution in [0, 0.1) is 0 Å². The molecule has 0 saturated carbocycles. The zero-order valence-corrected chi connectivity index (χ0v) is 17.5. The van der Waals surface area contributed by atoms with Gasteiger partial charge in [-0.15, -0.1) is 0 Å². The van der Waals surface area contributed by atoms with Gasteiger partial charge in [0.15, 0.2) is 11.5 Å². The van der Waals surface area contributed by atoms with Crippen LogP contribution in [0.15, 0.2) is 35.5 Å². The number of carbonyl (C=O) groups is 1. The Kier molecular flexibility index (Phi) is 5.07. The summed E-state index contributed by atoms with van der Waals surface area (Å²) in [5.41, 5.74) is 3.50. The molecule has 0 fully saturated rings. The summed E-state index contributed by atoms with van der Waals surface area (Å²) in [5.74, 6) is 1.77. The van der Waals surface area contributed by atoms with Gasteiger partial charge in [-0.25, -0.2) is 4.79 Å². The smallest absolute Gasteiger partial charge is 0.337 e. The third-order valence-corrected chi connectivity index (χ3v) is 5.33. The standard InChI is InChI=1S/C22H23NO7/c1-25-12-6-11(7-13(8-12)26-2)17-18-14(23-15-10-30-22(24)19(15)17)9-16(27-3)20(28-4)21(18)29-5/h6-9,17,23H,10H2,1-5H3. The predicted molar refractivity (Wildman–Crippen MR) is 109 cm³/mol. The lowest BCUT2D eigenvalue weighted by Crippen LogP contribution is -2.21. The number of fused-ring (bicyclic) bond motifs is 1. The first-order chi connectivity index (χ1) is 14.6. The molecule has 0 amide bonds. The van der Waals surface area contributed by atoms with Crippen molar-refractivity contribution >= 4 is 11.7 Å². The van der Waals surface area contributed by atoms with E-state index in [4.69, 9.17) is 28.4 Å². The Bertz CT molecular complexity index is 1020. The number of anilines is 1. The maximum atomic E-state index is 12.7. The summed E-state index contributed by atoms with van der Waals surface area (Å²) in [6.07, 6.45) is 0. The SMILES string of the molecule is COc1cc(OC)cc(C2C3=C(COC3=O)Nc3cc(OC)c(OC)c(OC)c32)c1. The van der Waals surface area contributed by atoms with Gasteiger partial charge in [-0.3, -0.25) is 0 Å². The molecule has 1 unspecified atom stereocenters. The van der Waals surface area contributed by atoms with Crippen molar-refractivity contribution in [3.8, 4) is 28.7 Å². The van der Waals surface area contributed by atoms with Crippen molar-refractivity contribution in [2.75, 3.05) is 47.5 Å². The van der Waals surface area contributed by atoms with Crippen LogP contribution >= 0.6 is 0 Å². The summed E-state index contributed by atoms with van der Waals surface area (Å²) in [5, 5.41) is 3.30. The predicted octanol–water partition coefficient (Wildman–Crippen LogP) is 3.10. The number of esters is 1. The molecule has 8 heteroatoms. The summed E-state index contributed by atoms with van der Waals surface area (Å²) < 4.78 is 33.1. The third kappa shape index (κ3) is 2.96. The number of nitrogens with one attached hydrogen (secondary N) is 1. The fourth-order valence-electron chi connectivity index (χ4n) is 4.02. The summed E-state index contributed by atoms with van der Waals surface area (Å²) in [7, 11) is 7.82. The normalized spacial score (nSPS) is 16.8. The van der Waals surface area contributed by atoms with E-state index in [1.54, 1.807) is 41.6 Å². The molecule has 0 radical (unpaired) electrons. The molecular formula is C22H23NO7. The van der Waals surface area contributed by atoms with Crippen LogP contribution in [0.2, 0.25) is 0 Å². The number of rotatable bonds is 6. The average Bonchev–Trinajstić information content (AvgIpc) is 3.15. The molecule has 2 heterocycles. The highest BCUT2D eigenvalue weighted by Crippen LogP contribution is 2.54. The average molecular weight is 413 g/mol. The summed E-state index contributed by atoms with van der Waals surface area (Å²) in [6, 6.07) is 7.34. The van der Waals surface area contributed by atoms with E-state index in [1.165, 1.54) is 0 Å². The van der Waals surface area contributed by atoms with Gasteiger partial charge in [0.05, 0.1) is 52.5 Å². The Morgan fingerprint density at radius 2 is 1.53 bits per heavy atom. The van der Waals surface area contributed by atoms with Crippen LogP contribution in [0.25, 0.3) is 0 Å². The third-order valence-electron chi connectivity index (χ3n) is 5.33. The zero-order chi connectivity index (χ0) is 21.4. The molecule has 8 nitrogen and oxygen atoms in total. The van der Waals surface area contributed by atoms with Crippen molar-refractivity contribution in [2.45, 2.75) is 5.92 Å². The first kappa shape index (κ1) is 19.8. The Morgan fingerprint density at radius 1 is 0.867 bits per heavy atom. The Labute approximate surface area is 174 Å². The summed E-state index contributed by atoms with van der Waals surface area (Å²) in [4.78, 5) is 12.7. The number of hydrogen-bond donors (Lipinski definition) is 1. The summed E-state index contributed by atoms with van der Waals surface area (Å²) in [6.45, 7) is 0.169. The van der Waals surface area contributed by atoms with Crippen molar-refractivity contribution in [2.24, 2.45) is 0 Å². The van der Waals surface area contributed by atoms with Crippen LogP contribution in [0.5, 0.6) is 28.7 Å². The molecule has 0 bridgehead atoms. The van der Waals surface area contributed by atoms with Crippen molar-refractivity contribution in [1.82, 2.24) is 0 Å². The molecule has 0 saturated heterocycles. The maximum absolute atomic E-state index is 12.7. The molecule has 4 rings (SSSR count). The maximum Gasteiger partial charge on any atom is 0.337 e. The number of cyclic esters (lactones) is 1. The fraction of sp³-hybridized carbons (Fsp3) is 0.318. The van der Waals surface area contributed by atoms with Gasteiger partial charge >= 0.3 is 5.97 Å². The number of hydrogen-bond acceptors (Lipinski definition) is 8. The van der Waals surface area contributed by atoms with E-state index in [9.17, 15) is 4.79 Å². The lowest BCUT2D eigenvalue weighted by Gasteiger charge is -2.30. The first-order valence-corrected chi connectivity index (χ1v) is 9.29. The number of benzene rings is 2. The quantitative estimate of drug-likeness (QED) is 0.724. The highest BCUT2D eigenvalue weighted by molar-refractivity contribution is 5.98. The minimum absolute atomic E-state index is 0.169. The number of methoxy groups -OCH3 is 5. The van der Waals surface area contributed by atoms with E-state index in [1.807, 2.05) is 18.2 Å². The molecule has 2 aliphatic heterocycles. The van der Waals surface area contributed by atoms with E-state index < -0.39 is 5.92 Å². The van der Waals surface area contributed by atoms with Crippen LogP contribution in [0.3, 0.4) is 0 Å². The molecule has 1 N–H and O–H groups in total. The van der Waals surface area contributed by atoms with Gasteiger partial charge in [0.25, 0.3) is 0 Å². The van der Waals surface area contributed by atoms with Gasteiger partial charge in [0, 0.05) is 23.6 Å². The molecule has 1 atom stereocenters. The van der Waals surface area contributed by atoms with Crippen LogP contribution in [-0.2, 0) is 9.53 Å². The van der Waals surface area contributed by atoms with Crippen molar-refractivity contribution in [1.29, 1.82) is 0 Å². The number of carbonyl (C=O) groups excluding carboxylic acids is 1. The van der Waals surface area contributed by atoms with E-state index in [0.717, 1.165) is 16.8 Å². The van der Waals surface area contributed by atoms with Crippen LogP contribution in [0.4, 0.5) is 5.69 Å². The highest BCUT2D eigenvalue weighted by atomic mass is 16.5. The fourth-order valence-corrected chi connectivity index (χ4v) is 4.02. The van der Waals surface area contributed by atoms with Gasteiger partial charge in [0.2, 0.25) is 5.75 Å². The molecule has 0 aliphatic carbocycles. The molecule has 0 aromatic heterocycles. The monoisotopic (exact) mass is 413 g/mol. The number of ether oxygens (including phenoxy) is 6. The van der Waals surface area contributed by atoms with Crippen LogP contribution < -0.4 is 29.0 Å². The van der Waals surface area contributed by atoms with Gasteiger partial charge in [-0.2, -0.15) is 0 Å². The van der Waals surface area contributed by atoms with Gasteiger partial charge in [-0.05, 0) is 17.7 Å². The van der Waals surface area contributed by atoms with Gasteiger partial charge < -0.3 is 33.7 Å². The van der Waals surface area contributed by atoms with Gasteiger partial charge in [0.1, 0.15) is 18.1 Å².